The van der Waals surface area contributed by atoms with Crippen molar-refractivity contribution in [1.82, 2.24) is 9.55 Å². The third-order valence-corrected chi connectivity index (χ3v) is 2.81. The van der Waals surface area contributed by atoms with Crippen LogP contribution in [0.2, 0.25) is 0 Å². The highest BCUT2D eigenvalue weighted by Crippen LogP contribution is 2.09. The van der Waals surface area contributed by atoms with Gasteiger partial charge in [0.15, 0.2) is 0 Å². The van der Waals surface area contributed by atoms with Gasteiger partial charge in [-0.15, -0.1) is 0 Å². The Morgan fingerprint density at radius 1 is 1.31 bits per heavy atom. The molecule has 16 heavy (non-hydrogen) atoms. The van der Waals surface area contributed by atoms with E-state index in [1.165, 1.54) is 10.6 Å². The minimum absolute atomic E-state index is 0.0834. The quantitative estimate of drug-likeness (QED) is 0.846. The van der Waals surface area contributed by atoms with Crippen LogP contribution in [0.15, 0.2) is 45.9 Å². The summed E-state index contributed by atoms with van der Waals surface area (Å²) in [6, 6.07) is 7.07. The summed E-state index contributed by atoms with van der Waals surface area (Å²) < 4.78 is 2.37. The van der Waals surface area contributed by atoms with E-state index in [1.54, 1.807) is 18.5 Å². The second-order valence-corrected chi connectivity index (χ2v) is 4.35. The van der Waals surface area contributed by atoms with Gasteiger partial charge in [0.25, 0.3) is 5.56 Å². The molecule has 0 bridgehead atoms. The highest BCUT2D eigenvalue weighted by Gasteiger charge is 2.01. The highest BCUT2D eigenvalue weighted by molar-refractivity contribution is 9.10. The van der Waals surface area contributed by atoms with Crippen molar-refractivity contribution in [2.75, 3.05) is 0 Å². The third-order valence-electron chi connectivity index (χ3n) is 2.34. The van der Waals surface area contributed by atoms with E-state index in [-0.39, 0.29) is 5.56 Å². The van der Waals surface area contributed by atoms with Crippen LogP contribution in [0.4, 0.5) is 0 Å². The Labute approximate surface area is 102 Å². The first-order valence-corrected chi connectivity index (χ1v) is 5.83. The number of halogens is 1. The minimum Gasteiger partial charge on any atom is -0.269 e. The molecular weight excluding hydrogens is 268 g/mol. The summed E-state index contributed by atoms with van der Waals surface area (Å²) in [5.74, 6) is 0.642. The fraction of sp³-hybridized carbons (Fsp3) is 0.167. The highest BCUT2D eigenvalue weighted by atomic mass is 79.9. The van der Waals surface area contributed by atoms with Crippen LogP contribution in [-0.4, -0.2) is 9.55 Å². The second-order valence-electron chi connectivity index (χ2n) is 3.43. The number of hydrogen-bond acceptors (Lipinski definition) is 2. The lowest BCUT2D eigenvalue weighted by Gasteiger charge is -2.05. The summed E-state index contributed by atoms with van der Waals surface area (Å²) in [7, 11) is 0. The molecule has 0 aliphatic rings. The van der Waals surface area contributed by atoms with Crippen molar-refractivity contribution < 1.29 is 0 Å². The predicted octanol–water partition coefficient (Wildman–Crippen LogP) is 2.56. The molecule has 2 rings (SSSR count). The first kappa shape index (κ1) is 11.1. The second kappa shape index (κ2) is 4.61. The standard InChI is InChI=1S/C12H11BrN2O/c1-2-9-3-5-11(14-7-9)15-8-10(13)4-6-12(15)16/h3-8H,2H2,1H3. The van der Waals surface area contributed by atoms with E-state index in [2.05, 4.69) is 27.8 Å². The molecule has 0 saturated heterocycles. The van der Waals surface area contributed by atoms with Crippen LogP contribution in [0.25, 0.3) is 5.82 Å². The third kappa shape index (κ3) is 2.22. The van der Waals surface area contributed by atoms with Gasteiger partial charge in [-0.1, -0.05) is 13.0 Å². The van der Waals surface area contributed by atoms with E-state index < -0.39 is 0 Å². The van der Waals surface area contributed by atoms with Crippen molar-refractivity contribution >= 4 is 15.9 Å². The van der Waals surface area contributed by atoms with Gasteiger partial charge in [0.1, 0.15) is 5.82 Å². The van der Waals surface area contributed by atoms with E-state index in [1.807, 2.05) is 12.1 Å². The molecule has 0 N–H and O–H groups in total. The Balaban J connectivity index is 2.50. The molecule has 0 amide bonds. The van der Waals surface area contributed by atoms with Crippen LogP contribution in [0.3, 0.4) is 0 Å². The summed E-state index contributed by atoms with van der Waals surface area (Å²) in [4.78, 5) is 15.9. The zero-order valence-corrected chi connectivity index (χ0v) is 10.4. The fourth-order valence-electron chi connectivity index (χ4n) is 1.41. The maximum Gasteiger partial charge on any atom is 0.256 e. The Morgan fingerprint density at radius 2 is 2.12 bits per heavy atom. The molecule has 0 fully saturated rings. The van der Waals surface area contributed by atoms with Gasteiger partial charge < -0.3 is 0 Å². The molecule has 82 valence electrons. The fourth-order valence-corrected chi connectivity index (χ4v) is 1.75. The van der Waals surface area contributed by atoms with E-state index in [0.29, 0.717) is 5.82 Å². The lowest BCUT2D eigenvalue weighted by Crippen LogP contribution is -2.17. The predicted molar refractivity (Wildman–Crippen MR) is 66.9 cm³/mol. The molecule has 0 spiro atoms. The number of aromatic nitrogens is 2. The number of nitrogens with zero attached hydrogens (tertiary/aromatic N) is 2. The smallest absolute Gasteiger partial charge is 0.256 e. The molecule has 0 aromatic carbocycles. The monoisotopic (exact) mass is 278 g/mol. The van der Waals surface area contributed by atoms with Crippen LogP contribution >= 0.6 is 15.9 Å². The van der Waals surface area contributed by atoms with Crippen molar-refractivity contribution in [3.05, 3.63) is 57.0 Å². The lowest BCUT2D eigenvalue weighted by molar-refractivity contribution is 0.927. The van der Waals surface area contributed by atoms with Crippen LogP contribution in [0.5, 0.6) is 0 Å². The number of hydrogen-bond donors (Lipinski definition) is 0. The average molecular weight is 279 g/mol. The van der Waals surface area contributed by atoms with Crippen molar-refractivity contribution in [1.29, 1.82) is 0 Å². The lowest BCUT2D eigenvalue weighted by atomic mass is 10.2. The summed E-state index contributed by atoms with van der Waals surface area (Å²) in [5, 5.41) is 0. The molecule has 0 saturated carbocycles. The van der Waals surface area contributed by atoms with E-state index in [0.717, 1.165) is 16.5 Å². The molecule has 0 unspecified atom stereocenters. The van der Waals surface area contributed by atoms with Gasteiger partial charge in [-0.25, -0.2) is 4.98 Å². The van der Waals surface area contributed by atoms with Crippen LogP contribution in [0, 0.1) is 0 Å². The van der Waals surface area contributed by atoms with Gasteiger partial charge in [-0.2, -0.15) is 0 Å². The van der Waals surface area contributed by atoms with Crippen molar-refractivity contribution in [2.24, 2.45) is 0 Å². The molecule has 2 aromatic rings. The SMILES string of the molecule is CCc1ccc(-n2cc(Br)ccc2=O)nc1. The van der Waals surface area contributed by atoms with Gasteiger partial charge in [-0.3, -0.25) is 9.36 Å². The van der Waals surface area contributed by atoms with Crippen molar-refractivity contribution in [3.8, 4) is 5.82 Å². The zero-order chi connectivity index (χ0) is 11.5. The normalized spacial score (nSPS) is 10.4. The van der Waals surface area contributed by atoms with Crippen LogP contribution in [-0.2, 0) is 6.42 Å². The van der Waals surface area contributed by atoms with E-state index in [9.17, 15) is 4.79 Å². The first-order chi connectivity index (χ1) is 7.70. The summed E-state index contributed by atoms with van der Waals surface area (Å²) in [6.07, 6.45) is 4.46. The minimum atomic E-state index is -0.0834. The topological polar surface area (TPSA) is 34.9 Å². The zero-order valence-electron chi connectivity index (χ0n) is 8.85. The van der Waals surface area contributed by atoms with Crippen LogP contribution < -0.4 is 5.56 Å². The van der Waals surface area contributed by atoms with Gasteiger partial charge in [0.2, 0.25) is 0 Å². The van der Waals surface area contributed by atoms with Crippen LogP contribution in [0.1, 0.15) is 12.5 Å². The summed E-state index contributed by atoms with van der Waals surface area (Å²) in [6.45, 7) is 2.07. The van der Waals surface area contributed by atoms with Gasteiger partial charge in [0, 0.05) is 22.9 Å². The Morgan fingerprint density at radius 3 is 2.75 bits per heavy atom. The molecule has 0 atom stereocenters. The van der Waals surface area contributed by atoms with E-state index in [4.69, 9.17) is 0 Å². The molecule has 0 aliphatic heterocycles. The maximum absolute atomic E-state index is 11.6. The van der Waals surface area contributed by atoms with Gasteiger partial charge in [-0.05, 0) is 40.0 Å². The van der Waals surface area contributed by atoms with Crippen molar-refractivity contribution in [3.63, 3.8) is 0 Å². The van der Waals surface area contributed by atoms with E-state index >= 15 is 0 Å². The van der Waals surface area contributed by atoms with Gasteiger partial charge >= 0.3 is 0 Å². The number of rotatable bonds is 2. The first-order valence-electron chi connectivity index (χ1n) is 5.04. The molecule has 0 radical (unpaired) electrons. The molecule has 2 heterocycles. The average Bonchev–Trinajstić information content (AvgIpc) is 2.32. The summed E-state index contributed by atoms with van der Waals surface area (Å²) >= 11 is 3.33. The molecule has 4 heteroatoms. The number of aryl methyl sites for hydroxylation is 1. The Hall–Kier alpha value is -1.42. The summed E-state index contributed by atoms with van der Waals surface area (Å²) in [5.41, 5.74) is 1.08. The maximum atomic E-state index is 11.6. The Kier molecular flexibility index (Phi) is 3.19. The molecule has 0 aliphatic carbocycles. The van der Waals surface area contributed by atoms with Gasteiger partial charge in [0.05, 0.1) is 0 Å². The molecule has 2 aromatic heterocycles. The largest absolute Gasteiger partial charge is 0.269 e. The molecular formula is C12H11BrN2O. The number of pyridine rings is 2. The van der Waals surface area contributed by atoms with Crippen molar-refractivity contribution in [2.45, 2.75) is 13.3 Å². The molecule has 3 nitrogen and oxygen atoms in total. The Bertz CT molecular complexity index is 546.